The van der Waals surface area contributed by atoms with Gasteiger partial charge in [-0.1, -0.05) is 0 Å². The van der Waals surface area contributed by atoms with Crippen molar-refractivity contribution in [2.45, 2.75) is 0 Å². The largest absolute Gasteiger partial charge is 0.491 e. The third kappa shape index (κ3) is 3.68. The fourth-order valence-corrected chi connectivity index (χ4v) is 1.82. The Morgan fingerprint density at radius 3 is 2.39 bits per heavy atom. The minimum Gasteiger partial charge on any atom is -0.423 e. The number of nitrogens with one attached hydrogen (secondary N) is 1. The second-order valence-electron chi connectivity index (χ2n) is 4.49. The monoisotopic (exact) mass is 322 g/mol. The number of nitrogens with zero attached hydrogens (tertiary/aromatic N) is 1. The summed E-state index contributed by atoms with van der Waals surface area (Å²) in [6.45, 7) is 0. The van der Waals surface area contributed by atoms with Crippen LogP contribution < -0.4 is 10.8 Å². The minimum absolute atomic E-state index is 0.0430. The van der Waals surface area contributed by atoms with E-state index in [4.69, 9.17) is 10.0 Å². The molecule has 7 nitrogen and oxygen atoms in total. The number of rotatable bonds is 4. The van der Waals surface area contributed by atoms with E-state index in [-0.39, 0.29) is 11.3 Å². The van der Waals surface area contributed by atoms with Gasteiger partial charge in [0, 0.05) is 22.8 Å². The zero-order valence-corrected chi connectivity index (χ0v) is 11.4. The van der Waals surface area contributed by atoms with Crippen LogP contribution in [-0.4, -0.2) is 28.0 Å². The van der Waals surface area contributed by atoms with E-state index in [9.17, 15) is 23.7 Å². The lowest BCUT2D eigenvalue weighted by Gasteiger charge is -2.08. The number of benzene rings is 2. The lowest BCUT2D eigenvalue weighted by molar-refractivity contribution is -0.387. The zero-order chi connectivity index (χ0) is 17.1. The van der Waals surface area contributed by atoms with E-state index in [1.807, 2.05) is 0 Å². The highest BCUT2D eigenvalue weighted by atomic mass is 19.1. The SMILES string of the molecule is O=C(Nc1ccc(F)c([N+](=O)[O-])c1)c1ccc(F)c(B(O)O)c1. The molecule has 0 aromatic heterocycles. The van der Waals surface area contributed by atoms with Crippen molar-refractivity contribution in [3.8, 4) is 0 Å². The summed E-state index contributed by atoms with van der Waals surface area (Å²) in [5.74, 6) is -2.75. The topological polar surface area (TPSA) is 113 Å². The number of hydrogen-bond acceptors (Lipinski definition) is 5. The quantitative estimate of drug-likeness (QED) is 0.438. The molecule has 0 aliphatic heterocycles. The molecule has 0 fully saturated rings. The number of nitro groups is 1. The van der Waals surface area contributed by atoms with Crippen molar-refractivity contribution in [3.63, 3.8) is 0 Å². The first-order valence-corrected chi connectivity index (χ1v) is 6.20. The summed E-state index contributed by atoms with van der Waals surface area (Å²) in [7, 11) is -2.10. The Kier molecular flexibility index (Phi) is 4.67. The fraction of sp³-hybridized carbons (Fsp3) is 0. The van der Waals surface area contributed by atoms with E-state index in [1.54, 1.807) is 0 Å². The highest BCUT2D eigenvalue weighted by Crippen LogP contribution is 2.22. The van der Waals surface area contributed by atoms with Gasteiger partial charge in [0.1, 0.15) is 5.82 Å². The molecule has 1 amide bonds. The van der Waals surface area contributed by atoms with Gasteiger partial charge in [0.25, 0.3) is 5.91 Å². The van der Waals surface area contributed by atoms with Gasteiger partial charge in [-0.25, -0.2) is 4.39 Å². The Labute approximate surface area is 128 Å². The van der Waals surface area contributed by atoms with Crippen molar-refractivity contribution >= 4 is 29.9 Å². The van der Waals surface area contributed by atoms with Crippen LogP contribution in [0.25, 0.3) is 0 Å². The van der Waals surface area contributed by atoms with Crippen LogP contribution in [-0.2, 0) is 0 Å². The van der Waals surface area contributed by atoms with E-state index < -0.39 is 40.7 Å². The van der Waals surface area contributed by atoms with E-state index in [0.717, 1.165) is 36.4 Å². The van der Waals surface area contributed by atoms with Crippen LogP contribution in [0, 0.1) is 21.7 Å². The van der Waals surface area contributed by atoms with Crippen molar-refractivity contribution in [1.29, 1.82) is 0 Å². The van der Waals surface area contributed by atoms with Crippen LogP contribution in [0.5, 0.6) is 0 Å². The average molecular weight is 322 g/mol. The number of nitro benzene ring substituents is 1. The molecule has 2 aromatic rings. The summed E-state index contributed by atoms with van der Waals surface area (Å²) < 4.78 is 26.5. The number of anilines is 1. The number of halogens is 2. The molecule has 10 heteroatoms. The summed E-state index contributed by atoms with van der Waals surface area (Å²) in [6, 6.07) is 5.66. The molecule has 0 saturated carbocycles. The fourth-order valence-electron chi connectivity index (χ4n) is 1.82. The Morgan fingerprint density at radius 2 is 1.78 bits per heavy atom. The number of amides is 1. The molecule has 0 saturated heterocycles. The molecule has 0 atom stereocenters. The molecule has 3 N–H and O–H groups in total. The van der Waals surface area contributed by atoms with Gasteiger partial charge >= 0.3 is 12.8 Å². The van der Waals surface area contributed by atoms with Crippen molar-refractivity contribution in [1.82, 2.24) is 0 Å². The van der Waals surface area contributed by atoms with E-state index in [2.05, 4.69) is 5.32 Å². The molecule has 2 rings (SSSR count). The van der Waals surface area contributed by atoms with Crippen LogP contribution in [0.3, 0.4) is 0 Å². The molecule has 0 spiro atoms. The van der Waals surface area contributed by atoms with Crippen LogP contribution in [0.15, 0.2) is 36.4 Å². The standard InChI is InChI=1S/C13H9BF2N2O5/c15-10-3-1-7(5-9(10)14(20)21)13(19)17-8-2-4-11(16)12(6-8)18(22)23/h1-6,20-21H,(H,17,19). The lowest BCUT2D eigenvalue weighted by atomic mass is 9.79. The zero-order valence-electron chi connectivity index (χ0n) is 11.4. The molecule has 23 heavy (non-hydrogen) atoms. The van der Waals surface area contributed by atoms with E-state index >= 15 is 0 Å². The van der Waals surface area contributed by atoms with Crippen LogP contribution >= 0.6 is 0 Å². The van der Waals surface area contributed by atoms with Gasteiger partial charge in [0.2, 0.25) is 5.82 Å². The molecule has 0 aliphatic rings. The summed E-state index contributed by atoms with van der Waals surface area (Å²) in [5, 5.41) is 30.9. The first-order chi connectivity index (χ1) is 10.8. The maximum atomic E-state index is 13.3. The van der Waals surface area contributed by atoms with Crippen molar-refractivity contribution in [2.75, 3.05) is 5.32 Å². The summed E-state index contributed by atoms with van der Waals surface area (Å²) in [6.07, 6.45) is 0. The lowest BCUT2D eigenvalue weighted by Crippen LogP contribution is -2.33. The Morgan fingerprint density at radius 1 is 1.13 bits per heavy atom. The minimum atomic E-state index is -2.10. The van der Waals surface area contributed by atoms with Gasteiger partial charge < -0.3 is 15.4 Å². The van der Waals surface area contributed by atoms with Gasteiger partial charge in [-0.05, 0) is 30.3 Å². The highest BCUT2D eigenvalue weighted by molar-refractivity contribution is 6.58. The number of carbonyl (C=O) groups excluding carboxylic acids is 1. The van der Waals surface area contributed by atoms with E-state index in [1.165, 1.54) is 0 Å². The molecule has 0 aliphatic carbocycles. The third-order valence-electron chi connectivity index (χ3n) is 2.94. The Balaban J connectivity index is 2.28. The van der Waals surface area contributed by atoms with Gasteiger partial charge in [-0.2, -0.15) is 4.39 Å². The maximum Gasteiger partial charge on any atom is 0.491 e. The predicted octanol–water partition coefficient (Wildman–Crippen LogP) is 0.805. The molecular formula is C13H9BF2N2O5. The van der Waals surface area contributed by atoms with E-state index in [0.29, 0.717) is 0 Å². The third-order valence-corrected chi connectivity index (χ3v) is 2.94. The first kappa shape index (κ1) is 16.5. The molecular weight excluding hydrogens is 313 g/mol. The van der Waals surface area contributed by atoms with Crippen LogP contribution in [0.4, 0.5) is 20.2 Å². The molecule has 0 heterocycles. The number of carbonyl (C=O) groups is 1. The summed E-state index contributed by atoms with van der Waals surface area (Å²) in [5.41, 5.74) is -1.46. The molecule has 0 unspecified atom stereocenters. The van der Waals surface area contributed by atoms with Crippen molar-refractivity contribution < 1.29 is 28.5 Å². The average Bonchev–Trinajstić information content (AvgIpc) is 2.49. The predicted molar refractivity (Wildman–Crippen MR) is 77.2 cm³/mol. The van der Waals surface area contributed by atoms with Gasteiger partial charge in [-0.15, -0.1) is 0 Å². The Bertz CT molecular complexity index is 785. The second kappa shape index (κ2) is 6.50. The Hall–Kier alpha value is -2.85. The van der Waals surface area contributed by atoms with Crippen molar-refractivity contribution in [2.24, 2.45) is 0 Å². The molecule has 0 bridgehead atoms. The van der Waals surface area contributed by atoms with Gasteiger partial charge in [0.15, 0.2) is 0 Å². The highest BCUT2D eigenvalue weighted by Gasteiger charge is 2.20. The molecule has 0 radical (unpaired) electrons. The van der Waals surface area contributed by atoms with Gasteiger partial charge in [0.05, 0.1) is 4.92 Å². The number of hydrogen-bond donors (Lipinski definition) is 3. The smallest absolute Gasteiger partial charge is 0.423 e. The van der Waals surface area contributed by atoms with Crippen molar-refractivity contribution in [3.05, 3.63) is 63.7 Å². The normalized spacial score (nSPS) is 10.3. The second-order valence-corrected chi connectivity index (χ2v) is 4.49. The van der Waals surface area contributed by atoms with Crippen LogP contribution in [0.2, 0.25) is 0 Å². The maximum absolute atomic E-state index is 13.3. The summed E-state index contributed by atoms with van der Waals surface area (Å²) >= 11 is 0. The summed E-state index contributed by atoms with van der Waals surface area (Å²) in [4.78, 5) is 21.7. The van der Waals surface area contributed by atoms with Gasteiger partial charge in [-0.3, -0.25) is 14.9 Å². The molecule has 2 aromatic carbocycles. The first-order valence-electron chi connectivity index (χ1n) is 6.20. The molecule has 118 valence electrons. The van der Waals surface area contributed by atoms with Crippen LogP contribution in [0.1, 0.15) is 10.4 Å².